The minimum Gasteiger partial charge on any atom is -0.481 e. The molecule has 9 nitrogen and oxygen atoms in total. The number of hydrogen-bond acceptors (Lipinski definition) is 8. The van der Waals surface area contributed by atoms with Crippen molar-refractivity contribution in [3.05, 3.63) is 34.4 Å². The summed E-state index contributed by atoms with van der Waals surface area (Å²) in [6, 6.07) is 0. The third kappa shape index (κ3) is 8.58. The largest absolute Gasteiger partial charge is 0.481 e. The third-order valence-electron chi connectivity index (χ3n) is 5.44. The van der Waals surface area contributed by atoms with E-state index in [1.807, 2.05) is 0 Å². The fourth-order valence-electron chi connectivity index (χ4n) is 3.86. The number of fused-ring (bicyclic) bond motifs is 2. The molecule has 0 aromatic carbocycles. The van der Waals surface area contributed by atoms with Crippen molar-refractivity contribution in [2.45, 2.75) is 89.5 Å². The van der Waals surface area contributed by atoms with E-state index in [2.05, 4.69) is 0 Å². The van der Waals surface area contributed by atoms with Crippen molar-refractivity contribution in [1.82, 2.24) is 0 Å². The highest BCUT2D eigenvalue weighted by atomic mass is 35.5. The second-order valence-corrected chi connectivity index (χ2v) is 8.82. The van der Waals surface area contributed by atoms with Crippen molar-refractivity contribution in [2.24, 2.45) is 0 Å². The van der Waals surface area contributed by atoms with Gasteiger partial charge in [0.25, 0.3) is 0 Å². The van der Waals surface area contributed by atoms with Crippen molar-refractivity contribution >= 4 is 29.5 Å². The summed E-state index contributed by atoms with van der Waals surface area (Å²) in [6.07, 6.45) is -0.540. The van der Waals surface area contributed by atoms with Gasteiger partial charge >= 0.3 is 17.9 Å². The van der Waals surface area contributed by atoms with E-state index >= 15 is 0 Å². The first-order valence-electron chi connectivity index (χ1n) is 10.8. The van der Waals surface area contributed by atoms with Crippen molar-refractivity contribution in [3.8, 4) is 0 Å². The fraction of sp³-hybridized carbons (Fsp3) is 0.609. The second-order valence-electron chi connectivity index (χ2n) is 8.39. The number of carbonyl (C=O) groups is 3. The number of halogens is 1. The Labute approximate surface area is 197 Å². The average molecular weight is 487 g/mol. The van der Waals surface area contributed by atoms with Crippen molar-refractivity contribution in [3.63, 3.8) is 0 Å². The molecule has 1 saturated heterocycles. The van der Waals surface area contributed by atoms with Gasteiger partial charge in [0, 0.05) is 24.8 Å². The lowest BCUT2D eigenvalue weighted by Crippen LogP contribution is -2.37. The van der Waals surface area contributed by atoms with Crippen LogP contribution in [0, 0.1) is 0 Å². The van der Waals surface area contributed by atoms with Crippen LogP contribution in [0.2, 0.25) is 0 Å². The summed E-state index contributed by atoms with van der Waals surface area (Å²) in [5, 5.41) is 30.3. The summed E-state index contributed by atoms with van der Waals surface area (Å²) in [7, 11) is 0. The van der Waals surface area contributed by atoms with E-state index in [-0.39, 0.29) is 30.7 Å². The highest BCUT2D eigenvalue weighted by Gasteiger charge is 2.42. The highest BCUT2D eigenvalue weighted by Crippen LogP contribution is 2.32. The van der Waals surface area contributed by atoms with Gasteiger partial charge in [0.1, 0.15) is 24.4 Å². The summed E-state index contributed by atoms with van der Waals surface area (Å²) in [5.74, 6) is -2.24. The number of rotatable bonds is 5. The van der Waals surface area contributed by atoms with Gasteiger partial charge in [-0.1, -0.05) is 35.4 Å². The Balaban J connectivity index is 2.31. The number of allylic oxidation sites excluding steroid dienone is 2. The van der Waals surface area contributed by atoms with E-state index in [1.54, 1.807) is 26.0 Å². The number of ether oxygens (including phenoxy) is 3. The van der Waals surface area contributed by atoms with Gasteiger partial charge in [-0.2, -0.15) is 0 Å². The average Bonchev–Trinajstić information content (AvgIpc) is 3.07. The van der Waals surface area contributed by atoms with Gasteiger partial charge in [0.15, 0.2) is 0 Å². The Morgan fingerprint density at radius 2 is 2.00 bits per heavy atom. The smallest absolute Gasteiger partial charge is 0.310 e. The topological polar surface area (TPSA) is 140 Å². The maximum Gasteiger partial charge on any atom is 0.310 e. The van der Waals surface area contributed by atoms with E-state index in [0.29, 0.717) is 17.6 Å². The van der Waals surface area contributed by atoms with Crippen LogP contribution >= 0.6 is 11.6 Å². The molecule has 2 aliphatic rings. The molecule has 0 aliphatic carbocycles. The Morgan fingerprint density at radius 3 is 2.64 bits per heavy atom. The molecule has 1 fully saturated rings. The van der Waals surface area contributed by atoms with Crippen LogP contribution in [0.15, 0.2) is 34.4 Å². The minimum atomic E-state index is -1.24. The summed E-state index contributed by atoms with van der Waals surface area (Å²) in [6.45, 7) is 4.51. The molecule has 0 aromatic heterocycles. The molecule has 0 amide bonds. The number of hydrogen-bond donors (Lipinski definition) is 3. The molecular formula is C23H31ClO9. The molecule has 2 rings (SSSR count). The van der Waals surface area contributed by atoms with Crippen molar-refractivity contribution < 1.29 is 43.9 Å². The van der Waals surface area contributed by atoms with Gasteiger partial charge in [0.2, 0.25) is 0 Å². The molecule has 0 saturated carbocycles. The first-order valence-corrected chi connectivity index (χ1v) is 11.1. The molecule has 0 aromatic rings. The van der Waals surface area contributed by atoms with Crippen LogP contribution < -0.4 is 0 Å². The van der Waals surface area contributed by atoms with E-state index in [0.717, 1.165) is 0 Å². The molecule has 184 valence electrons. The van der Waals surface area contributed by atoms with Crippen LogP contribution in [0.4, 0.5) is 0 Å². The lowest BCUT2D eigenvalue weighted by molar-refractivity contribution is -0.159. The zero-order valence-electron chi connectivity index (χ0n) is 18.9. The van der Waals surface area contributed by atoms with Crippen LogP contribution in [0.25, 0.3) is 0 Å². The monoisotopic (exact) mass is 486 g/mol. The number of carbonyl (C=O) groups excluding carboxylic acids is 2. The number of carboxylic acids is 1. The van der Waals surface area contributed by atoms with Gasteiger partial charge in [-0.3, -0.25) is 14.4 Å². The number of aliphatic carboxylic acids is 1. The van der Waals surface area contributed by atoms with E-state index in [9.17, 15) is 24.6 Å². The molecule has 2 aliphatic heterocycles. The molecule has 33 heavy (non-hydrogen) atoms. The Hall–Kier alpha value is -2.20. The molecule has 2 bridgehead atoms. The quantitative estimate of drug-likeness (QED) is 0.394. The normalized spacial score (nSPS) is 32.0. The van der Waals surface area contributed by atoms with Crippen molar-refractivity contribution in [2.75, 3.05) is 0 Å². The standard InChI is InChI=1S/C23H31ClO9/c1-12(8-21(28)29)7-18(27)23-20-10-15(32-23)9-17(26)16(24)6-4-5-13(2)19(31-14(3)25)11-22(30)33-20/h5-7,15,17-20,23,26-27H,4,8-11H2,1-3H3,(H,28,29)/b12-7+,13-5?,16-6-/t15-,17+,18+,19-,20-,23-/m0/s1. The molecule has 2 heterocycles. The van der Waals surface area contributed by atoms with Gasteiger partial charge in [0.05, 0.1) is 25.0 Å². The van der Waals surface area contributed by atoms with Crippen LogP contribution in [0.5, 0.6) is 0 Å². The maximum atomic E-state index is 12.7. The maximum absolute atomic E-state index is 12.7. The predicted octanol–water partition coefficient (Wildman–Crippen LogP) is 2.38. The summed E-state index contributed by atoms with van der Waals surface area (Å²) >= 11 is 6.22. The van der Waals surface area contributed by atoms with Crippen LogP contribution in [-0.4, -0.2) is 69.9 Å². The lowest BCUT2D eigenvalue weighted by atomic mass is 10.0. The molecule has 10 heteroatoms. The fourth-order valence-corrected chi connectivity index (χ4v) is 4.04. The summed E-state index contributed by atoms with van der Waals surface area (Å²) in [4.78, 5) is 35.1. The Bertz CT molecular complexity index is 832. The van der Waals surface area contributed by atoms with Gasteiger partial charge in [-0.25, -0.2) is 0 Å². The van der Waals surface area contributed by atoms with Gasteiger partial charge in [-0.05, 0) is 25.8 Å². The zero-order chi connectivity index (χ0) is 24.7. The van der Waals surface area contributed by atoms with Crippen molar-refractivity contribution in [1.29, 1.82) is 0 Å². The molecule has 0 radical (unpaired) electrons. The second kappa shape index (κ2) is 12.3. The molecule has 6 atom stereocenters. The lowest BCUT2D eigenvalue weighted by Gasteiger charge is -2.24. The SMILES string of the molecule is CC(=O)O[C@H]1CC(=O)O[C@H]2C[C@H](C[C@@H](O)/C(Cl)=C/CC=C1C)O[C@H]2[C@H](O)/C=C(\C)CC(=O)O. The predicted molar refractivity (Wildman–Crippen MR) is 118 cm³/mol. The van der Waals surface area contributed by atoms with Crippen LogP contribution in [0.3, 0.4) is 0 Å². The Morgan fingerprint density at radius 1 is 1.30 bits per heavy atom. The van der Waals surface area contributed by atoms with Crippen LogP contribution in [0.1, 0.15) is 52.9 Å². The summed E-state index contributed by atoms with van der Waals surface area (Å²) in [5.41, 5.74) is 1.04. The molecule has 3 N–H and O–H groups in total. The van der Waals surface area contributed by atoms with Gasteiger partial charge in [-0.15, -0.1) is 0 Å². The van der Waals surface area contributed by atoms with E-state index < -0.39 is 54.5 Å². The van der Waals surface area contributed by atoms with Gasteiger partial charge < -0.3 is 29.5 Å². The highest BCUT2D eigenvalue weighted by molar-refractivity contribution is 6.30. The third-order valence-corrected chi connectivity index (χ3v) is 5.85. The first-order chi connectivity index (χ1) is 15.5. The summed E-state index contributed by atoms with van der Waals surface area (Å²) < 4.78 is 16.7. The minimum absolute atomic E-state index is 0.128. The zero-order valence-corrected chi connectivity index (χ0v) is 19.7. The van der Waals surface area contributed by atoms with Crippen LogP contribution in [-0.2, 0) is 28.6 Å². The number of aliphatic hydroxyl groups excluding tert-OH is 2. The van der Waals surface area contributed by atoms with E-state index in [1.165, 1.54) is 13.0 Å². The molecular weight excluding hydrogens is 456 g/mol. The molecule has 0 spiro atoms. The van der Waals surface area contributed by atoms with E-state index in [4.69, 9.17) is 30.9 Å². The first kappa shape index (κ1) is 27.0. The number of aliphatic hydroxyl groups is 2. The molecule has 0 unspecified atom stereocenters. The Kier molecular flexibility index (Phi) is 10.1. The number of esters is 2. The number of carboxylic acid groups (broad SMARTS) is 1.